The number of hydrogen-bond donors (Lipinski definition) is 1. The van der Waals surface area contributed by atoms with Crippen molar-refractivity contribution in [2.24, 2.45) is 0 Å². The number of nitrogens with zero attached hydrogens (tertiary/aromatic N) is 1. The second kappa shape index (κ2) is 8.73. The molecule has 0 saturated carbocycles. The van der Waals surface area contributed by atoms with E-state index in [0.29, 0.717) is 36.0 Å². The maximum atomic E-state index is 13.0. The van der Waals surface area contributed by atoms with E-state index in [-0.39, 0.29) is 35.6 Å². The Balaban J connectivity index is 1.78. The Kier molecular flexibility index (Phi) is 6.13. The molecule has 0 bridgehead atoms. The number of ether oxygens (including phenoxy) is 1. The van der Waals surface area contributed by atoms with E-state index in [0.717, 1.165) is 5.75 Å². The third kappa shape index (κ3) is 4.14. The van der Waals surface area contributed by atoms with Crippen LogP contribution in [0.15, 0.2) is 42.5 Å². The molecule has 0 aliphatic carbocycles. The van der Waals surface area contributed by atoms with Gasteiger partial charge in [0.25, 0.3) is 5.91 Å². The maximum absolute atomic E-state index is 13.0. The van der Waals surface area contributed by atoms with Gasteiger partial charge in [0.15, 0.2) is 12.6 Å². The van der Waals surface area contributed by atoms with Crippen molar-refractivity contribution in [2.75, 3.05) is 24.7 Å². The molecule has 1 fully saturated rings. The maximum Gasteiger partial charge on any atom is 0.255 e. The zero-order chi connectivity index (χ0) is 19.2. The summed E-state index contributed by atoms with van der Waals surface area (Å²) in [5, 5.41) is 9.76. The van der Waals surface area contributed by atoms with E-state index < -0.39 is 0 Å². The Labute approximate surface area is 161 Å². The summed E-state index contributed by atoms with van der Waals surface area (Å²) in [7, 11) is 0. The molecular formula is C20H19NO5S. The monoisotopic (exact) mass is 385 g/mol. The first-order valence-corrected chi connectivity index (χ1v) is 9.64. The summed E-state index contributed by atoms with van der Waals surface area (Å²) < 4.78 is 5.75. The second-order valence-corrected chi connectivity index (χ2v) is 7.20. The molecule has 1 saturated heterocycles. The number of phenolic OH excluding ortho intramolecular Hbond substituents is 1. The fourth-order valence-corrected chi connectivity index (χ4v) is 4.01. The van der Waals surface area contributed by atoms with Gasteiger partial charge in [-0.2, -0.15) is 11.8 Å². The molecule has 2 aromatic carbocycles. The van der Waals surface area contributed by atoms with E-state index in [9.17, 15) is 19.5 Å². The van der Waals surface area contributed by atoms with E-state index in [1.165, 1.54) is 6.07 Å². The third-order valence-electron chi connectivity index (χ3n) is 4.40. The van der Waals surface area contributed by atoms with E-state index in [2.05, 4.69) is 0 Å². The van der Waals surface area contributed by atoms with E-state index in [1.807, 2.05) is 0 Å². The summed E-state index contributed by atoms with van der Waals surface area (Å²) in [6.07, 6.45) is 1.23. The van der Waals surface area contributed by atoms with Gasteiger partial charge < -0.3 is 14.7 Å². The van der Waals surface area contributed by atoms with Crippen LogP contribution in [0, 0.1) is 0 Å². The first-order chi connectivity index (χ1) is 13.2. The lowest BCUT2D eigenvalue weighted by molar-refractivity contribution is 0.0644. The number of hydrogen-bond acceptors (Lipinski definition) is 6. The summed E-state index contributed by atoms with van der Waals surface area (Å²) >= 11 is 1.72. The van der Waals surface area contributed by atoms with Crippen molar-refractivity contribution in [3.8, 4) is 11.5 Å². The van der Waals surface area contributed by atoms with Crippen LogP contribution >= 0.6 is 11.8 Å². The lowest BCUT2D eigenvalue weighted by Gasteiger charge is -2.35. The Morgan fingerprint density at radius 3 is 2.78 bits per heavy atom. The summed E-state index contributed by atoms with van der Waals surface area (Å²) in [5.74, 6) is 1.41. The minimum Gasteiger partial charge on any atom is -0.507 e. The van der Waals surface area contributed by atoms with Crippen molar-refractivity contribution in [2.45, 2.75) is 6.04 Å². The molecule has 3 rings (SSSR count). The van der Waals surface area contributed by atoms with Gasteiger partial charge in [-0.3, -0.25) is 14.4 Å². The van der Waals surface area contributed by atoms with Gasteiger partial charge in [0, 0.05) is 23.6 Å². The molecular weight excluding hydrogens is 366 g/mol. The number of carbonyl (C=O) groups excluding carboxylic acids is 3. The minimum atomic E-state index is -0.210. The average Bonchev–Trinajstić information content (AvgIpc) is 2.72. The predicted octanol–water partition coefficient (Wildman–Crippen LogP) is 2.65. The fraction of sp³-hybridized carbons (Fsp3) is 0.250. The van der Waals surface area contributed by atoms with Crippen LogP contribution in [0.25, 0.3) is 0 Å². The highest BCUT2D eigenvalue weighted by Crippen LogP contribution is 2.27. The first kappa shape index (κ1) is 19.0. The van der Waals surface area contributed by atoms with Crippen LogP contribution in [-0.2, 0) is 0 Å². The summed E-state index contributed by atoms with van der Waals surface area (Å²) in [5.41, 5.74) is 0.817. The number of aldehydes is 2. The topological polar surface area (TPSA) is 83.9 Å². The lowest BCUT2D eigenvalue weighted by atomic mass is 10.1. The van der Waals surface area contributed by atoms with Gasteiger partial charge in [0.1, 0.15) is 18.1 Å². The van der Waals surface area contributed by atoms with Crippen LogP contribution in [0.1, 0.15) is 31.1 Å². The zero-order valence-corrected chi connectivity index (χ0v) is 15.4. The molecule has 0 spiro atoms. The summed E-state index contributed by atoms with van der Waals surface area (Å²) in [6.45, 7) is 0.734. The molecule has 7 heteroatoms. The lowest BCUT2D eigenvalue weighted by Crippen LogP contribution is -2.49. The zero-order valence-electron chi connectivity index (χ0n) is 14.5. The van der Waals surface area contributed by atoms with Crippen molar-refractivity contribution >= 4 is 30.2 Å². The van der Waals surface area contributed by atoms with Gasteiger partial charge in [-0.05, 0) is 18.2 Å². The SMILES string of the molecule is O=Cc1ccccc1C(=O)N1CCSC[C@H]1COc1cccc(O)c1C=O. The summed E-state index contributed by atoms with van der Waals surface area (Å²) in [6, 6.07) is 11.1. The van der Waals surface area contributed by atoms with Crippen molar-refractivity contribution in [1.29, 1.82) is 0 Å². The normalized spacial score (nSPS) is 16.6. The van der Waals surface area contributed by atoms with Crippen molar-refractivity contribution in [1.82, 2.24) is 4.90 Å². The second-order valence-electron chi connectivity index (χ2n) is 6.05. The molecule has 27 heavy (non-hydrogen) atoms. The molecule has 1 aliphatic rings. The number of benzene rings is 2. The van der Waals surface area contributed by atoms with Gasteiger partial charge in [-0.25, -0.2) is 0 Å². The number of rotatable bonds is 6. The van der Waals surface area contributed by atoms with Crippen LogP contribution in [0.2, 0.25) is 0 Å². The molecule has 2 aromatic rings. The largest absolute Gasteiger partial charge is 0.507 e. The number of aromatic hydroxyl groups is 1. The van der Waals surface area contributed by atoms with Crippen LogP contribution in [0.4, 0.5) is 0 Å². The third-order valence-corrected chi connectivity index (χ3v) is 5.49. The van der Waals surface area contributed by atoms with Crippen LogP contribution in [0.3, 0.4) is 0 Å². The van der Waals surface area contributed by atoms with E-state index >= 15 is 0 Å². The molecule has 0 aromatic heterocycles. The fourth-order valence-electron chi connectivity index (χ4n) is 2.97. The highest BCUT2D eigenvalue weighted by molar-refractivity contribution is 7.99. The van der Waals surface area contributed by atoms with Crippen LogP contribution < -0.4 is 4.74 Å². The average molecular weight is 385 g/mol. The Morgan fingerprint density at radius 1 is 1.19 bits per heavy atom. The smallest absolute Gasteiger partial charge is 0.255 e. The van der Waals surface area contributed by atoms with Gasteiger partial charge >= 0.3 is 0 Å². The Morgan fingerprint density at radius 2 is 2.00 bits per heavy atom. The molecule has 1 N–H and O–H groups in total. The highest BCUT2D eigenvalue weighted by atomic mass is 32.2. The minimum absolute atomic E-state index is 0.0881. The summed E-state index contributed by atoms with van der Waals surface area (Å²) in [4.78, 5) is 37.1. The van der Waals surface area contributed by atoms with Gasteiger partial charge in [-0.15, -0.1) is 0 Å². The molecule has 0 unspecified atom stereocenters. The molecule has 1 amide bonds. The standard InChI is InChI=1S/C20H19NO5S/c22-10-14-4-1-2-5-16(14)20(25)21-8-9-27-13-15(21)12-26-19-7-3-6-18(24)17(19)11-23/h1-7,10-11,15,24H,8-9,12-13H2/t15-/m1/s1. The van der Waals surface area contributed by atoms with Crippen LogP contribution in [-0.4, -0.2) is 59.2 Å². The molecule has 140 valence electrons. The molecule has 1 aliphatic heterocycles. The van der Waals surface area contributed by atoms with Crippen LogP contribution in [0.5, 0.6) is 11.5 Å². The molecule has 1 atom stereocenters. The first-order valence-electron chi connectivity index (χ1n) is 8.48. The van der Waals surface area contributed by atoms with Gasteiger partial charge in [0.05, 0.1) is 17.2 Å². The van der Waals surface area contributed by atoms with Gasteiger partial charge in [0.2, 0.25) is 0 Å². The van der Waals surface area contributed by atoms with Crippen molar-refractivity contribution in [3.63, 3.8) is 0 Å². The van der Waals surface area contributed by atoms with E-state index in [4.69, 9.17) is 4.74 Å². The van der Waals surface area contributed by atoms with E-state index in [1.54, 1.807) is 53.1 Å². The highest BCUT2D eigenvalue weighted by Gasteiger charge is 2.29. The number of thioether (sulfide) groups is 1. The molecule has 0 radical (unpaired) electrons. The Bertz CT molecular complexity index is 854. The molecule has 1 heterocycles. The number of carbonyl (C=O) groups is 3. The quantitative estimate of drug-likeness (QED) is 0.770. The number of amides is 1. The molecule has 6 nitrogen and oxygen atoms in total. The number of phenols is 1. The van der Waals surface area contributed by atoms with Crippen molar-refractivity contribution in [3.05, 3.63) is 59.2 Å². The van der Waals surface area contributed by atoms with Gasteiger partial charge in [-0.1, -0.05) is 24.3 Å². The Hall–Kier alpha value is -2.80. The van der Waals surface area contributed by atoms with Crippen molar-refractivity contribution < 1.29 is 24.2 Å². The predicted molar refractivity (Wildman–Crippen MR) is 103 cm³/mol.